The second-order valence-corrected chi connectivity index (χ2v) is 7.50. The summed E-state index contributed by atoms with van der Waals surface area (Å²) in [6, 6.07) is 10.1. The van der Waals surface area contributed by atoms with E-state index in [1.807, 2.05) is 36.4 Å². The van der Waals surface area contributed by atoms with Gasteiger partial charge >= 0.3 is 26.2 Å². The number of rotatable bonds is 0. The number of allylic oxidation sites excluding steroid dienone is 4. The molecule has 1 aromatic heterocycles. The molecule has 156 valence electrons. The number of para-hydroxylation sites is 1. The summed E-state index contributed by atoms with van der Waals surface area (Å²) in [6.07, 6.45) is 12.9. The van der Waals surface area contributed by atoms with E-state index in [-0.39, 0.29) is 51.0 Å². The summed E-state index contributed by atoms with van der Waals surface area (Å²) >= 11 is 0. The van der Waals surface area contributed by atoms with E-state index in [9.17, 15) is 0 Å². The van der Waals surface area contributed by atoms with Crippen LogP contribution in [0, 0.1) is 24.1 Å². The van der Waals surface area contributed by atoms with Crippen molar-refractivity contribution in [3.8, 4) is 0 Å². The van der Waals surface area contributed by atoms with Gasteiger partial charge in [-0.3, -0.25) is 6.08 Å². The molecule has 0 spiro atoms. The van der Waals surface area contributed by atoms with Crippen molar-refractivity contribution in [2.75, 3.05) is 0 Å². The number of aromatic nitrogens is 1. The summed E-state index contributed by atoms with van der Waals surface area (Å²) in [5, 5.41) is 1.22. The number of hydrogen-bond acceptors (Lipinski definition) is 0. The molecule has 1 aromatic carbocycles. The minimum atomic E-state index is 0. The molecule has 1 nitrogen and oxygen atoms in total. The van der Waals surface area contributed by atoms with E-state index in [1.165, 1.54) is 17.2 Å². The van der Waals surface area contributed by atoms with E-state index >= 15 is 0 Å². The van der Waals surface area contributed by atoms with Crippen LogP contribution in [-0.2, 0) is 26.2 Å². The molecule has 0 fully saturated rings. The second-order valence-electron chi connectivity index (χ2n) is 6.50. The molecule has 0 saturated carbocycles. The van der Waals surface area contributed by atoms with E-state index in [0.717, 1.165) is 21.5 Å². The Labute approximate surface area is 209 Å². The third-order valence-electron chi connectivity index (χ3n) is 1.98. The summed E-state index contributed by atoms with van der Waals surface area (Å²) in [6.45, 7) is 16.8. The van der Waals surface area contributed by atoms with Crippen LogP contribution in [0.2, 0.25) is 13.1 Å². The molecule has 28 heavy (non-hydrogen) atoms. The molecule has 0 amide bonds. The predicted molar refractivity (Wildman–Crippen MR) is 131 cm³/mol. The van der Waals surface area contributed by atoms with Crippen LogP contribution in [0.15, 0.2) is 48.6 Å². The first-order chi connectivity index (χ1) is 11.8. The van der Waals surface area contributed by atoms with Crippen molar-refractivity contribution in [3.63, 3.8) is 0 Å². The maximum absolute atomic E-state index is 2.99. The Bertz CT molecular complexity index is 515. The second kappa shape index (κ2) is 29.1. The van der Waals surface area contributed by atoms with Gasteiger partial charge in [0.2, 0.25) is 0 Å². The van der Waals surface area contributed by atoms with Crippen molar-refractivity contribution in [2.24, 2.45) is 0 Å². The molecule has 0 unspecified atom stereocenters. The van der Waals surface area contributed by atoms with Crippen molar-refractivity contribution in [3.05, 3.63) is 72.7 Å². The number of hydrogen-bond donors (Lipinski definition) is 1. The first kappa shape index (κ1) is 38.5. The average molecular weight is 518 g/mol. The molecule has 3 rings (SSSR count). The molecule has 0 atom stereocenters. The third kappa shape index (κ3) is 33.5. The van der Waals surface area contributed by atoms with Crippen molar-refractivity contribution < 1.29 is 26.2 Å². The van der Waals surface area contributed by atoms with Crippen LogP contribution in [0.1, 0.15) is 48.0 Å². The van der Waals surface area contributed by atoms with E-state index in [0.29, 0.717) is 0 Å². The first-order valence-electron chi connectivity index (χ1n) is 8.62. The quantitative estimate of drug-likeness (QED) is 0.268. The molecule has 5 heteroatoms. The van der Waals surface area contributed by atoms with Crippen molar-refractivity contribution in [1.82, 2.24) is 4.98 Å². The Hall–Kier alpha value is -0.0800. The summed E-state index contributed by atoms with van der Waals surface area (Å²) in [4.78, 5) is 2.99. The Morgan fingerprint density at radius 2 is 1.39 bits per heavy atom. The van der Waals surface area contributed by atoms with E-state index in [2.05, 4.69) is 84.0 Å². The van der Waals surface area contributed by atoms with Gasteiger partial charge in [-0.25, -0.2) is 12.2 Å². The Kier molecular flexibility index (Phi) is 40.1. The molecule has 2 aromatic rings. The Balaban J connectivity index is -0.0000000823. The molecule has 1 aliphatic rings. The molecular formula is C23H37Cl2NSiZr. The summed E-state index contributed by atoms with van der Waals surface area (Å²) in [5.74, 6) is 2.83. The van der Waals surface area contributed by atoms with Crippen LogP contribution in [0.4, 0.5) is 0 Å². The third-order valence-corrected chi connectivity index (χ3v) is 1.98. The van der Waals surface area contributed by atoms with Gasteiger partial charge in [-0.15, -0.1) is 55.1 Å². The number of halogens is 2. The summed E-state index contributed by atoms with van der Waals surface area (Å²) in [7, 11) is 1.08. The van der Waals surface area contributed by atoms with E-state index < -0.39 is 0 Å². The van der Waals surface area contributed by atoms with Gasteiger partial charge in [-0.2, -0.15) is 59.1 Å². The van der Waals surface area contributed by atoms with Gasteiger partial charge in [0.1, 0.15) is 0 Å². The zero-order chi connectivity index (χ0) is 19.5. The fourth-order valence-electron chi connectivity index (χ4n) is 1.27. The molecule has 1 N–H and O–H groups in total. The van der Waals surface area contributed by atoms with Crippen LogP contribution < -0.4 is 0 Å². The fourth-order valence-corrected chi connectivity index (χ4v) is 1.27. The molecular weight excluding hydrogens is 480 g/mol. The topological polar surface area (TPSA) is 15.8 Å². The number of H-pyrrole nitrogens is 1. The molecule has 0 bridgehead atoms. The van der Waals surface area contributed by atoms with Crippen molar-refractivity contribution >= 4 is 45.2 Å². The maximum atomic E-state index is 2.99. The van der Waals surface area contributed by atoms with Crippen LogP contribution in [-0.4, -0.2) is 14.5 Å². The van der Waals surface area contributed by atoms with E-state index in [4.69, 9.17) is 0 Å². The monoisotopic (exact) mass is 515 g/mol. The number of nitrogens with one attached hydrogen (secondary N) is 1. The Morgan fingerprint density at radius 3 is 1.71 bits per heavy atom. The molecule has 2 radical (unpaired) electrons. The zero-order valence-electron chi connectivity index (χ0n) is 18.6. The van der Waals surface area contributed by atoms with Crippen molar-refractivity contribution in [2.45, 2.75) is 61.1 Å². The zero-order valence-corrected chi connectivity index (χ0v) is 23.7. The van der Waals surface area contributed by atoms with Gasteiger partial charge in [0.05, 0.1) is 0 Å². The van der Waals surface area contributed by atoms with Crippen molar-refractivity contribution in [1.29, 1.82) is 0 Å². The predicted octanol–water partition coefficient (Wildman–Crippen LogP) is 8.14. The first-order valence-corrected chi connectivity index (χ1v) is 10.6. The van der Waals surface area contributed by atoms with Gasteiger partial charge in [0.25, 0.3) is 0 Å². The minimum absolute atomic E-state index is 0. The Morgan fingerprint density at radius 1 is 0.929 bits per heavy atom. The standard InChI is InChI=1S/C8H6N.C5H5.2C4H9.C2H6Si.2ClH.Zr/c1-2-4-8-7(3-1)5-6-9-8;1-2-4-5-3-1;2*1-4(2)3;1-3-2;;;/h1-5,9H;1-3H,4H2;2*1-3H3;1-2H3;2*1H;/q4*-1;;;;+4. The smallest absolute Gasteiger partial charge is 0.477 e. The van der Waals surface area contributed by atoms with Crippen LogP contribution in [0.3, 0.4) is 0 Å². The van der Waals surface area contributed by atoms with Gasteiger partial charge < -0.3 is 16.8 Å². The SMILES string of the molecule is C[C-](C)C.C[C-](C)C.C[Si]C.Cl.Cl.[C-]1=CC=CC1.[Zr+4].[c-]1cc2ccccc2[nH]1. The molecule has 0 saturated heterocycles. The largest absolute Gasteiger partial charge is 4.00 e. The van der Waals surface area contributed by atoms with Crippen LogP contribution in [0.25, 0.3) is 10.9 Å². The van der Waals surface area contributed by atoms with Gasteiger partial charge in [0.15, 0.2) is 0 Å². The minimum Gasteiger partial charge on any atom is -0.477 e. The van der Waals surface area contributed by atoms with E-state index in [1.54, 1.807) is 0 Å². The van der Waals surface area contributed by atoms with Gasteiger partial charge in [0, 0.05) is 9.52 Å². The van der Waals surface area contributed by atoms with Crippen LogP contribution >= 0.6 is 24.8 Å². The number of aromatic amines is 1. The number of benzene rings is 1. The normalized spacial score (nSPS) is 9.64. The van der Waals surface area contributed by atoms with Crippen LogP contribution in [0.5, 0.6) is 0 Å². The average Bonchev–Trinajstić information content (AvgIpc) is 3.22. The fraction of sp³-hybridized carbons (Fsp3) is 0.391. The van der Waals surface area contributed by atoms with Gasteiger partial charge in [-0.05, 0) is 0 Å². The molecule has 1 heterocycles. The summed E-state index contributed by atoms with van der Waals surface area (Å²) < 4.78 is 0. The van der Waals surface area contributed by atoms with Gasteiger partial charge in [-0.1, -0.05) is 25.2 Å². The molecule has 1 aliphatic carbocycles. The summed E-state index contributed by atoms with van der Waals surface area (Å²) in [5.41, 5.74) is 1.15. The number of fused-ring (bicyclic) bond motifs is 1. The maximum Gasteiger partial charge on any atom is 4.00 e. The molecule has 0 aliphatic heterocycles.